The van der Waals surface area contributed by atoms with Gasteiger partial charge < -0.3 is 10.2 Å². The molecule has 0 saturated heterocycles. The monoisotopic (exact) mass is 289 g/mol. The summed E-state index contributed by atoms with van der Waals surface area (Å²) in [5.41, 5.74) is 0.838. The van der Waals surface area contributed by atoms with E-state index in [4.69, 9.17) is 0 Å². The fourth-order valence-electron chi connectivity index (χ4n) is 2.70. The molecule has 0 spiro atoms. The molecular formula is C16H23N3O2. The first kappa shape index (κ1) is 15.5. The molecule has 0 aliphatic heterocycles. The maximum atomic E-state index is 12.3. The summed E-state index contributed by atoms with van der Waals surface area (Å²) in [7, 11) is 0. The van der Waals surface area contributed by atoms with Crippen LogP contribution < -0.4 is 5.32 Å². The molecule has 0 radical (unpaired) electrons. The van der Waals surface area contributed by atoms with E-state index in [1.807, 2.05) is 13.8 Å². The molecule has 5 heteroatoms. The summed E-state index contributed by atoms with van der Waals surface area (Å²) in [6.45, 7) is 5.13. The van der Waals surface area contributed by atoms with Gasteiger partial charge in [0.15, 0.2) is 0 Å². The van der Waals surface area contributed by atoms with Gasteiger partial charge in [-0.3, -0.25) is 14.6 Å². The largest absolute Gasteiger partial charge is 0.349 e. The van der Waals surface area contributed by atoms with Crippen LogP contribution in [0.1, 0.15) is 60.4 Å². The molecule has 1 aromatic heterocycles. The Morgan fingerprint density at radius 2 is 1.95 bits per heavy atom. The second kappa shape index (κ2) is 7.20. The standard InChI is InChI=1S/C16H23N3O2/c1-3-19(4-2)16(21)14-11-12(9-10-17-14)15(20)18-13-7-5-6-8-13/h9-11,13H,3-8H2,1-2H3,(H,18,20). The predicted octanol–water partition coefficient (Wildman–Crippen LogP) is 2.24. The van der Waals surface area contributed by atoms with Crippen molar-refractivity contribution in [2.75, 3.05) is 13.1 Å². The molecule has 0 unspecified atom stereocenters. The number of hydrogen-bond acceptors (Lipinski definition) is 3. The summed E-state index contributed by atoms with van der Waals surface area (Å²) >= 11 is 0. The summed E-state index contributed by atoms with van der Waals surface area (Å²) in [6.07, 6.45) is 5.96. The van der Waals surface area contributed by atoms with Crippen LogP contribution in [0.2, 0.25) is 0 Å². The molecule has 114 valence electrons. The molecule has 2 amide bonds. The Bertz CT molecular complexity index is 506. The van der Waals surface area contributed by atoms with Crippen molar-refractivity contribution in [3.8, 4) is 0 Å². The highest BCUT2D eigenvalue weighted by molar-refractivity contribution is 5.98. The minimum atomic E-state index is -0.129. The Morgan fingerprint density at radius 3 is 2.57 bits per heavy atom. The van der Waals surface area contributed by atoms with Crippen molar-refractivity contribution in [3.63, 3.8) is 0 Å². The SMILES string of the molecule is CCN(CC)C(=O)c1cc(C(=O)NC2CCCC2)ccn1. The van der Waals surface area contributed by atoms with Crippen LogP contribution in [0.3, 0.4) is 0 Å². The van der Waals surface area contributed by atoms with Crippen molar-refractivity contribution >= 4 is 11.8 Å². The molecule has 0 bridgehead atoms. The average Bonchev–Trinajstić information content (AvgIpc) is 3.01. The zero-order valence-electron chi connectivity index (χ0n) is 12.8. The van der Waals surface area contributed by atoms with Crippen LogP contribution in [0.5, 0.6) is 0 Å². The highest BCUT2D eigenvalue weighted by Crippen LogP contribution is 2.18. The van der Waals surface area contributed by atoms with Gasteiger partial charge in [0.05, 0.1) is 0 Å². The minimum Gasteiger partial charge on any atom is -0.349 e. The smallest absolute Gasteiger partial charge is 0.272 e. The molecule has 0 atom stereocenters. The van der Waals surface area contributed by atoms with Gasteiger partial charge in [-0.15, -0.1) is 0 Å². The van der Waals surface area contributed by atoms with Gasteiger partial charge in [-0.25, -0.2) is 0 Å². The van der Waals surface area contributed by atoms with E-state index in [2.05, 4.69) is 10.3 Å². The summed E-state index contributed by atoms with van der Waals surface area (Å²) < 4.78 is 0. The van der Waals surface area contributed by atoms with E-state index < -0.39 is 0 Å². The number of amides is 2. The molecule has 0 aromatic carbocycles. The number of aromatic nitrogens is 1. The third kappa shape index (κ3) is 3.80. The number of pyridine rings is 1. The normalized spacial score (nSPS) is 15.0. The number of hydrogen-bond donors (Lipinski definition) is 1. The van der Waals surface area contributed by atoms with E-state index in [9.17, 15) is 9.59 Å². The molecule has 1 N–H and O–H groups in total. The molecule has 1 aliphatic rings. The van der Waals surface area contributed by atoms with Crippen molar-refractivity contribution < 1.29 is 9.59 Å². The quantitative estimate of drug-likeness (QED) is 0.904. The fraction of sp³-hybridized carbons (Fsp3) is 0.562. The Kier molecular flexibility index (Phi) is 5.31. The summed E-state index contributed by atoms with van der Waals surface area (Å²) in [6, 6.07) is 3.52. The molecular weight excluding hydrogens is 266 g/mol. The Balaban J connectivity index is 2.09. The van der Waals surface area contributed by atoms with Crippen LogP contribution in [0.15, 0.2) is 18.3 Å². The Hall–Kier alpha value is -1.91. The lowest BCUT2D eigenvalue weighted by atomic mass is 10.1. The summed E-state index contributed by atoms with van der Waals surface area (Å²) in [5, 5.41) is 3.03. The molecule has 2 rings (SSSR count). The lowest BCUT2D eigenvalue weighted by molar-refractivity contribution is 0.0767. The van der Waals surface area contributed by atoms with Crippen LogP contribution in [0, 0.1) is 0 Å². The van der Waals surface area contributed by atoms with Crippen LogP contribution in [-0.4, -0.2) is 40.8 Å². The summed E-state index contributed by atoms with van der Waals surface area (Å²) in [4.78, 5) is 30.3. The van der Waals surface area contributed by atoms with Crippen molar-refractivity contribution in [2.24, 2.45) is 0 Å². The average molecular weight is 289 g/mol. The van der Waals surface area contributed by atoms with Gasteiger partial charge in [0.1, 0.15) is 5.69 Å². The molecule has 1 fully saturated rings. The first-order chi connectivity index (χ1) is 10.2. The van der Waals surface area contributed by atoms with E-state index in [1.54, 1.807) is 17.0 Å². The molecule has 1 aliphatic carbocycles. The van der Waals surface area contributed by atoms with Crippen LogP contribution in [-0.2, 0) is 0 Å². The van der Waals surface area contributed by atoms with Crippen LogP contribution in [0.25, 0.3) is 0 Å². The van der Waals surface area contributed by atoms with E-state index in [-0.39, 0.29) is 17.9 Å². The second-order valence-electron chi connectivity index (χ2n) is 5.36. The van der Waals surface area contributed by atoms with Crippen molar-refractivity contribution in [1.82, 2.24) is 15.2 Å². The van der Waals surface area contributed by atoms with Gasteiger partial charge in [-0.1, -0.05) is 12.8 Å². The first-order valence-corrected chi connectivity index (χ1v) is 7.71. The topological polar surface area (TPSA) is 62.3 Å². The van der Waals surface area contributed by atoms with Crippen LogP contribution >= 0.6 is 0 Å². The van der Waals surface area contributed by atoms with Crippen molar-refractivity contribution in [3.05, 3.63) is 29.6 Å². The third-order valence-corrected chi connectivity index (χ3v) is 3.98. The zero-order chi connectivity index (χ0) is 15.2. The maximum Gasteiger partial charge on any atom is 0.272 e. The first-order valence-electron chi connectivity index (χ1n) is 7.71. The van der Waals surface area contributed by atoms with Gasteiger partial charge in [-0.2, -0.15) is 0 Å². The zero-order valence-corrected chi connectivity index (χ0v) is 12.8. The van der Waals surface area contributed by atoms with Gasteiger partial charge in [0.2, 0.25) is 0 Å². The van der Waals surface area contributed by atoms with Gasteiger partial charge >= 0.3 is 0 Å². The summed E-state index contributed by atoms with van der Waals surface area (Å²) in [5.74, 6) is -0.242. The molecule has 1 saturated carbocycles. The maximum absolute atomic E-state index is 12.3. The Labute approximate surface area is 125 Å². The highest BCUT2D eigenvalue weighted by Gasteiger charge is 2.20. The van der Waals surface area contributed by atoms with Crippen molar-refractivity contribution in [1.29, 1.82) is 0 Å². The number of carbonyl (C=O) groups is 2. The van der Waals surface area contributed by atoms with E-state index >= 15 is 0 Å². The number of carbonyl (C=O) groups excluding carboxylic acids is 2. The van der Waals surface area contributed by atoms with E-state index in [1.165, 1.54) is 19.0 Å². The van der Waals surface area contributed by atoms with E-state index in [0.717, 1.165) is 12.8 Å². The van der Waals surface area contributed by atoms with Gasteiger partial charge in [0.25, 0.3) is 11.8 Å². The number of rotatable bonds is 5. The van der Waals surface area contributed by atoms with Gasteiger partial charge in [-0.05, 0) is 38.8 Å². The molecule has 5 nitrogen and oxygen atoms in total. The lowest BCUT2D eigenvalue weighted by Gasteiger charge is -2.18. The molecule has 1 aromatic rings. The second-order valence-corrected chi connectivity index (χ2v) is 5.36. The van der Waals surface area contributed by atoms with Crippen LogP contribution in [0.4, 0.5) is 0 Å². The predicted molar refractivity (Wildman–Crippen MR) is 81.2 cm³/mol. The third-order valence-electron chi connectivity index (χ3n) is 3.98. The lowest BCUT2D eigenvalue weighted by Crippen LogP contribution is -2.33. The number of nitrogens with one attached hydrogen (secondary N) is 1. The minimum absolute atomic E-state index is 0.113. The fourth-order valence-corrected chi connectivity index (χ4v) is 2.70. The Morgan fingerprint density at radius 1 is 1.29 bits per heavy atom. The molecule has 1 heterocycles. The van der Waals surface area contributed by atoms with Crippen molar-refractivity contribution in [2.45, 2.75) is 45.6 Å². The number of nitrogens with zero attached hydrogens (tertiary/aromatic N) is 2. The van der Waals surface area contributed by atoms with Gasteiger partial charge in [0, 0.05) is 30.9 Å². The van der Waals surface area contributed by atoms with E-state index in [0.29, 0.717) is 24.3 Å². The molecule has 21 heavy (non-hydrogen) atoms. The highest BCUT2D eigenvalue weighted by atomic mass is 16.2.